The van der Waals surface area contributed by atoms with Crippen molar-refractivity contribution >= 4 is 21.9 Å². The van der Waals surface area contributed by atoms with E-state index in [0.717, 1.165) is 0 Å². The highest BCUT2D eigenvalue weighted by Gasteiger charge is 2.36. The van der Waals surface area contributed by atoms with E-state index in [9.17, 15) is 31.1 Å². The normalized spacial score (nSPS) is 12.8. The Morgan fingerprint density at radius 3 is 2.23 bits per heavy atom. The van der Waals surface area contributed by atoms with Gasteiger partial charge in [-0.1, -0.05) is 17.9 Å². The van der Waals surface area contributed by atoms with Crippen LogP contribution in [0.25, 0.3) is 0 Å². The molecule has 0 bridgehead atoms. The lowest BCUT2D eigenvalue weighted by atomic mass is 10.0. The molecule has 0 fully saturated rings. The topological polar surface area (TPSA) is 55.8 Å². The third kappa shape index (κ3) is 8.96. The van der Waals surface area contributed by atoms with Crippen molar-refractivity contribution < 1.29 is 45.7 Å². The number of aliphatic carboxylic acids is 1. The molecule has 0 aromatic heterocycles. The third-order valence-corrected chi connectivity index (χ3v) is 5.02. The molecular weight excluding hydrogens is 546 g/mol. The van der Waals surface area contributed by atoms with E-state index < -0.39 is 41.1 Å². The van der Waals surface area contributed by atoms with Gasteiger partial charge in [0.05, 0.1) is 15.6 Å². The zero-order chi connectivity index (χ0) is 26.2. The predicted molar refractivity (Wildman–Crippen MR) is 119 cm³/mol. The lowest BCUT2D eigenvalue weighted by Gasteiger charge is -2.13. The number of alkyl halides is 6. The van der Waals surface area contributed by atoms with E-state index >= 15 is 0 Å². The molecule has 0 saturated heterocycles. The lowest BCUT2D eigenvalue weighted by Crippen LogP contribution is -2.26. The molecule has 0 saturated carbocycles. The zero-order valence-electron chi connectivity index (χ0n) is 18.1. The molecule has 0 radical (unpaired) electrons. The molecule has 0 aliphatic carbocycles. The molecule has 0 aliphatic rings. The van der Waals surface area contributed by atoms with Gasteiger partial charge in [-0.25, -0.2) is 4.79 Å². The fraction of sp³-hybridized carbons (Fsp3) is 0.292. The Morgan fingerprint density at radius 1 is 1.09 bits per heavy atom. The van der Waals surface area contributed by atoms with Gasteiger partial charge in [0, 0.05) is 18.6 Å². The number of carboxylic acids is 1. The van der Waals surface area contributed by atoms with E-state index in [1.54, 1.807) is 25.1 Å². The number of hydrogen-bond donors (Lipinski definition) is 1. The number of ether oxygens (including phenoxy) is 2. The molecule has 1 atom stereocenters. The Hall–Kier alpha value is -2.97. The molecule has 0 aliphatic heterocycles. The molecule has 11 heteroatoms. The van der Waals surface area contributed by atoms with Gasteiger partial charge in [0.2, 0.25) is 0 Å². The van der Waals surface area contributed by atoms with E-state index in [4.69, 9.17) is 14.6 Å². The summed E-state index contributed by atoms with van der Waals surface area (Å²) in [4.78, 5) is 11.2. The highest BCUT2D eigenvalue weighted by atomic mass is 79.9. The van der Waals surface area contributed by atoms with Gasteiger partial charge >= 0.3 is 18.3 Å². The van der Waals surface area contributed by atoms with Crippen molar-refractivity contribution in [2.24, 2.45) is 0 Å². The fourth-order valence-electron chi connectivity index (χ4n) is 2.82. The second kappa shape index (κ2) is 12.1. The van der Waals surface area contributed by atoms with Gasteiger partial charge in [-0.15, -0.1) is 0 Å². The van der Waals surface area contributed by atoms with E-state index in [1.165, 1.54) is 12.2 Å². The minimum atomic E-state index is -4.94. The molecular formula is C24H19BrF6O4. The molecule has 2 aromatic carbocycles. The summed E-state index contributed by atoms with van der Waals surface area (Å²) in [5.74, 6) is 4.01. The minimum absolute atomic E-state index is 0.0136. The van der Waals surface area contributed by atoms with Crippen molar-refractivity contribution in [3.05, 3.63) is 75.3 Å². The summed E-state index contributed by atoms with van der Waals surface area (Å²) in [7, 11) is 0. The molecule has 1 N–H and O–H groups in total. The Bertz CT molecular complexity index is 1100. The van der Waals surface area contributed by atoms with E-state index in [0.29, 0.717) is 27.9 Å². The summed E-state index contributed by atoms with van der Waals surface area (Å²) >= 11 is 3.32. The molecule has 2 rings (SSSR count). The van der Waals surface area contributed by atoms with Crippen molar-refractivity contribution in [2.45, 2.75) is 31.8 Å². The highest BCUT2D eigenvalue weighted by molar-refractivity contribution is 9.10. The first-order valence-corrected chi connectivity index (χ1v) is 10.8. The largest absolute Gasteiger partial charge is 0.488 e. The van der Waals surface area contributed by atoms with Crippen LogP contribution in [-0.2, 0) is 28.3 Å². The average molecular weight is 565 g/mol. The molecule has 0 unspecified atom stereocenters. The standard InChI is InChI=1S/C24H19BrF6O4/c1-2-34-21(22(32)33)13-16-7-8-20(19(25)12-16)35-9-5-3-4-6-15-10-17(23(26,27)28)14-18(11-15)24(29,30)31/h3,5,7-8,10-12,14,21H,2,9,13H2,1H3,(H,32,33)/t21-/m0/s1. The Labute approximate surface area is 205 Å². The van der Waals surface area contributed by atoms with Crippen LogP contribution in [0.15, 0.2) is 53.0 Å². The van der Waals surface area contributed by atoms with Crippen LogP contribution in [0, 0.1) is 11.8 Å². The molecule has 0 spiro atoms. The molecule has 2 aromatic rings. The second-order valence-electron chi connectivity index (χ2n) is 7.03. The number of halogens is 7. The van der Waals surface area contributed by atoms with E-state index in [2.05, 4.69) is 27.8 Å². The average Bonchev–Trinajstić information content (AvgIpc) is 2.75. The summed E-state index contributed by atoms with van der Waals surface area (Å²) in [5, 5.41) is 9.17. The van der Waals surface area contributed by atoms with Crippen molar-refractivity contribution in [1.82, 2.24) is 0 Å². The number of carboxylic acid groups (broad SMARTS) is 1. The summed E-state index contributed by atoms with van der Waals surface area (Å²) < 4.78 is 88.6. The fourth-order valence-corrected chi connectivity index (χ4v) is 3.36. The van der Waals surface area contributed by atoms with Gasteiger partial charge in [-0.2, -0.15) is 26.3 Å². The second-order valence-corrected chi connectivity index (χ2v) is 7.88. The monoisotopic (exact) mass is 564 g/mol. The highest BCUT2D eigenvalue weighted by Crippen LogP contribution is 2.36. The van der Waals surface area contributed by atoms with Crippen LogP contribution in [0.5, 0.6) is 5.75 Å². The minimum Gasteiger partial charge on any atom is -0.488 e. The number of rotatable bonds is 8. The van der Waals surface area contributed by atoms with E-state index in [1.807, 2.05) is 0 Å². The third-order valence-electron chi connectivity index (χ3n) is 4.40. The van der Waals surface area contributed by atoms with Gasteiger partial charge < -0.3 is 14.6 Å². The molecule has 0 amide bonds. The number of benzene rings is 2. The van der Waals surface area contributed by atoms with Gasteiger partial charge in [-0.3, -0.25) is 0 Å². The van der Waals surface area contributed by atoms with Crippen LogP contribution in [0.3, 0.4) is 0 Å². The van der Waals surface area contributed by atoms with Crippen molar-refractivity contribution in [1.29, 1.82) is 0 Å². The number of carbonyl (C=O) groups is 1. The molecule has 4 nitrogen and oxygen atoms in total. The zero-order valence-corrected chi connectivity index (χ0v) is 19.7. The van der Waals surface area contributed by atoms with Crippen molar-refractivity contribution in [3.8, 4) is 17.6 Å². The SMILES string of the molecule is CCO[C@@H](Cc1ccc(OCC=CC#Cc2cc(C(F)(F)F)cc(C(F)(F)F)c2)c(Br)c1)C(=O)O. The van der Waals surface area contributed by atoms with Gasteiger partial charge in [0.1, 0.15) is 12.4 Å². The summed E-state index contributed by atoms with van der Waals surface area (Å²) in [6.07, 6.45) is -8.03. The van der Waals surface area contributed by atoms with Gasteiger partial charge in [-0.05, 0) is 70.9 Å². The van der Waals surface area contributed by atoms with Crippen molar-refractivity contribution in [2.75, 3.05) is 13.2 Å². The smallest absolute Gasteiger partial charge is 0.416 e. The summed E-state index contributed by atoms with van der Waals surface area (Å²) in [5.41, 5.74) is -2.60. The number of hydrogen-bond acceptors (Lipinski definition) is 3. The lowest BCUT2D eigenvalue weighted by molar-refractivity contribution is -0.150. The van der Waals surface area contributed by atoms with Crippen LogP contribution in [0.1, 0.15) is 29.2 Å². The Kier molecular flexibility index (Phi) is 9.80. The Morgan fingerprint density at radius 2 is 1.71 bits per heavy atom. The first kappa shape index (κ1) is 28.3. The van der Waals surface area contributed by atoms with Crippen LogP contribution in [0.2, 0.25) is 0 Å². The van der Waals surface area contributed by atoms with Crippen LogP contribution in [0.4, 0.5) is 26.3 Å². The molecule has 0 heterocycles. The predicted octanol–water partition coefficient (Wildman–Crippen LogP) is 6.51. The maximum Gasteiger partial charge on any atom is 0.416 e. The van der Waals surface area contributed by atoms with Crippen molar-refractivity contribution in [3.63, 3.8) is 0 Å². The maximum atomic E-state index is 12.9. The molecule has 188 valence electrons. The number of allylic oxidation sites excluding steroid dienone is 1. The quantitative estimate of drug-likeness (QED) is 0.293. The maximum absolute atomic E-state index is 12.9. The van der Waals surface area contributed by atoms with E-state index in [-0.39, 0.29) is 25.7 Å². The first-order valence-electron chi connectivity index (χ1n) is 10.0. The summed E-state index contributed by atoms with van der Waals surface area (Å²) in [6, 6.07) is 6.10. The summed E-state index contributed by atoms with van der Waals surface area (Å²) in [6.45, 7) is 1.96. The van der Waals surface area contributed by atoms with Crippen LogP contribution >= 0.6 is 15.9 Å². The van der Waals surface area contributed by atoms with Gasteiger partial charge in [0.25, 0.3) is 0 Å². The first-order chi connectivity index (χ1) is 16.3. The van der Waals surface area contributed by atoms with Crippen LogP contribution < -0.4 is 4.74 Å². The van der Waals surface area contributed by atoms with Gasteiger partial charge in [0.15, 0.2) is 6.10 Å². The molecule has 35 heavy (non-hydrogen) atoms. The van der Waals surface area contributed by atoms with Crippen LogP contribution in [-0.4, -0.2) is 30.4 Å². The Balaban J connectivity index is 2.03.